The van der Waals surface area contributed by atoms with Gasteiger partial charge in [-0.05, 0) is 76.2 Å². The van der Waals surface area contributed by atoms with Gasteiger partial charge in [0.25, 0.3) is 5.91 Å². The van der Waals surface area contributed by atoms with Crippen molar-refractivity contribution >= 4 is 62.5 Å². The van der Waals surface area contributed by atoms with Crippen LogP contribution in [0.5, 0.6) is 11.5 Å². The molecular formula is C25H20BrIN2O7. The molecule has 0 saturated carbocycles. The number of rotatable bonds is 8. The van der Waals surface area contributed by atoms with E-state index in [0.29, 0.717) is 23.7 Å². The number of nitrogens with zero attached hydrogens (tertiary/aromatic N) is 1. The van der Waals surface area contributed by atoms with Gasteiger partial charge in [-0.1, -0.05) is 28.1 Å². The van der Waals surface area contributed by atoms with Crippen molar-refractivity contribution < 1.29 is 33.0 Å². The van der Waals surface area contributed by atoms with E-state index in [1.807, 2.05) is 30.3 Å². The van der Waals surface area contributed by atoms with Crippen molar-refractivity contribution in [1.29, 1.82) is 0 Å². The number of halogens is 2. The minimum Gasteiger partial charge on any atom is -0.493 e. The molecule has 3 aromatic rings. The Hall–Kier alpha value is -3.32. The fraction of sp³-hybridized carbons (Fsp3) is 0.160. The van der Waals surface area contributed by atoms with Crippen molar-refractivity contribution in [2.45, 2.75) is 13.2 Å². The molecule has 0 unspecified atom stereocenters. The Bertz CT molecular complexity index is 1350. The molecule has 3 amide bonds. The van der Waals surface area contributed by atoms with Crippen LogP contribution in [0.3, 0.4) is 0 Å². The van der Waals surface area contributed by atoms with Crippen molar-refractivity contribution in [1.82, 2.24) is 10.2 Å². The summed E-state index contributed by atoms with van der Waals surface area (Å²) < 4.78 is 23.2. The normalized spacial score (nSPS) is 14.2. The number of methoxy groups -OCH3 is 2. The maximum atomic E-state index is 12.9. The zero-order chi connectivity index (χ0) is 25.8. The molecule has 1 aliphatic heterocycles. The summed E-state index contributed by atoms with van der Waals surface area (Å²) in [5.41, 5.74) is 1.74. The number of urea groups is 1. The maximum Gasteiger partial charge on any atom is 0.373 e. The van der Waals surface area contributed by atoms with Gasteiger partial charge in [0.05, 0.1) is 24.3 Å². The van der Waals surface area contributed by atoms with E-state index in [4.69, 9.17) is 13.9 Å². The molecule has 0 spiro atoms. The van der Waals surface area contributed by atoms with Crippen molar-refractivity contribution in [3.05, 3.63) is 84.9 Å². The molecule has 11 heteroatoms. The summed E-state index contributed by atoms with van der Waals surface area (Å²) in [6.07, 6.45) is 1.56. The number of esters is 1. The van der Waals surface area contributed by atoms with E-state index in [1.165, 1.54) is 26.4 Å². The van der Waals surface area contributed by atoms with Crippen LogP contribution >= 0.6 is 38.5 Å². The van der Waals surface area contributed by atoms with Crippen molar-refractivity contribution in [2.24, 2.45) is 0 Å². The van der Waals surface area contributed by atoms with Crippen LogP contribution < -0.4 is 14.8 Å². The van der Waals surface area contributed by atoms with Crippen LogP contribution in [0, 0.1) is 3.57 Å². The highest BCUT2D eigenvalue weighted by Gasteiger charge is 2.34. The van der Waals surface area contributed by atoms with Gasteiger partial charge < -0.3 is 23.9 Å². The number of carbonyl (C=O) groups is 3. The number of imide groups is 1. The number of carbonyl (C=O) groups excluding carboxylic acids is 3. The van der Waals surface area contributed by atoms with E-state index >= 15 is 0 Å². The highest BCUT2D eigenvalue weighted by molar-refractivity contribution is 14.1. The highest BCUT2D eigenvalue weighted by atomic mass is 127. The van der Waals surface area contributed by atoms with E-state index in [9.17, 15) is 14.4 Å². The van der Waals surface area contributed by atoms with Gasteiger partial charge in [-0.15, -0.1) is 0 Å². The minimum absolute atomic E-state index is 0.0144. The lowest BCUT2D eigenvalue weighted by atomic mass is 10.1. The van der Waals surface area contributed by atoms with Gasteiger partial charge in [0, 0.05) is 4.47 Å². The highest BCUT2D eigenvalue weighted by Crippen LogP contribution is 2.35. The number of benzene rings is 2. The third-order valence-electron chi connectivity index (χ3n) is 5.18. The number of amides is 3. The lowest BCUT2D eigenvalue weighted by Crippen LogP contribution is -2.30. The van der Waals surface area contributed by atoms with E-state index in [-0.39, 0.29) is 23.8 Å². The molecule has 1 fully saturated rings. The molecule has 1 saturated heterocycles. The fourth-order valence-corrected chi connectivity index (χ4v) is 4.46. The second-order valence-corrected chi connectivity index (χ2v) is 9.66. The number of furan rings is 1. The van der Waals surface area contributed by atoms with Crippen LogP contribution in [-0.2, 0) is 22.7 Å². The molecule has 0 aliphatic carbocycles. The Morgan fingerprint density at radius 1 is 1.14 bits per heavy atom. The minimum atomic E-state index is -0.646. The second kappa shape index (κ2) is 11.2. The van der Waals surface area contributed by atoms with Crippen LogP contribution in [0.15, 0.2) is 63.1 Å². The van der Waals surface area contributed by atoms with Gasteiger partial charge in [-0.2, -0.15) is 0 Å². The SMILES string of the molecule is COC(=O)c1ccc(CN2C(=O)N/C(=C\c3cc(I)c(OCc4ccc(Br)cc4)c(OC)c3)C2=O)o1. The number of ether oxygens (including phenoxy) is 3. The van der Waals surface area contributed by atoms with Gasteiger partial charge in [0.15, 0.2) is 11.5 Å². The molecule has 0 radical (unpaired) electrons. The maximum absolute atomic E-state index is 12.9. The largest absolute Gasteiger partial charge is 0.493 e. The summed E-state index contributed by atoms with van der Waals surface area (Å²) in [7, 11) is 2.77. The quantitative estimate of drug-likeness (QED) is 0.154. The summed E-state index contributed by atoms with van der Waals surface area (Å²) in [6.45, 7) is 0.219. The zero-order valence-electron chi connectivity index (χ0n) is 19.2. The van der Waals surface area contributed by atoms with Crippen LogP contribution in [0.1, 0.15) is 27.4 Å². The molecule has 0 bridgehead atoms. The molecule has 4 rings (SSSR count). The van der Waals surface area contributed by atoms with Gasteiger partial charge >= 0.3 is 12.0 Å². The standard InChI is InChI=1S/C25H20BrIN2O7/c1-33-21-11-15(9-18(27)22(21)35-13-14-3-5-16(26)6-4-14)10-19-23(30)29(25(32)28-19)12-17-7-8-20(36-17)24(31)34-2/h3-11H,12-13H2,1-2H3,(H,28,32)/b19-10-. The van der Waals surface area contributed by atoms with Crippen molar-refractivity contribution in [3.63, 3.8) is 0 Å². The van der Waals surface area contributed by atoms with E-state index in [0.717, 1.165) is 18.5 Å². The third-order valence-corrected chi connectivity index (χ3v) is 6.51. The number of hydrogen-bond acceptors (Lipinski definition) is 7. The summed E-state index contributed by atoms with van der Waals surface area (Å²) >= 11 is 5.55. The predicted molar refractivity (Wildman–Crippen MR) is 141 cm³/mol. The molecule has 36 heavy (non-hydrogen) atoms. The third kappa shape index (κ3) is 5.73. The monoisotopic (exact) mass is 666 g/mol. The predicted octanol–water partition coefficient (Wildman–Crippen LogP) is 5.11. The lowest BCUT2D eigenvalue weighted by molar-refractivity contribution is -0.123. The van der Waals surface area contributed by atoms with Crippen LogP contribution in [0.2, 0.25) is 0 Å². The first-order chi connectivity index (χ1) is 17.3. The number of nitrogens with one attached hydrogen (secondary N) is 1. The topological polar surface area (TPSA) is 107 Å². The van der Waals surface area contributed by atoms with Crippen molar-refractivity contribution in [2.75, 3.05) is 14.2 Å². The van der Waals surface area contributed by atoms with Crippen molar-refractivity contribution in [3.8, 4) is 11.5 Å². The average molecular weight is 667 g/mol. The van der Waals surface area contributed by atoms with Gasteiger partial charge in [-0.25, -0.2) is 9.59 Å². The molecule has 2 heterocycles. The molecular weight excluding hydrogens is 647 g/mol. The Labute approximate surface area is 228 Å². The van der Waals surface area contributed by atoms with Crippen LogP contribution in [0.4, 0.5) is 4.79 Å². The van der Waals surface area contributed by atoms with Gasteiger partial charge in [-0.3, -0.25) is 9.69 Å². The smallest absolute Gasteiger partial charge is 0.373 e. The molecule has 1 aliphatic rings. The Balaban J connectivity index is 1.50. The van der Waals surface area contributed by atoms with E-state index < -0.39 is 17.9 Å². The molecule has 0 atom stereocenters. The van der Waals surface area contributed by atoms with Crippen LogP contribution in [0.25, 0.3) is 6.08 Å². The van der Waals surface area contributed by atoms with E-state index in [1.54, 1.807) is 12.1 Å². The molecule has 9 nitrogen and oxygen atoms in total. The van der Waals surface area contributed by atoms with Gasteiger partial charge in [0.1, 0.15) is 18.1 Å². The zero-order valence-corrected chi connectivity index (χ0v) is 22.9. The average Bonchev–Trinajstić information content (AvgIpc) is 3.44. The first-order valence-electron chi connectivity index (χ1n) is 10.6. The Kier molecular flexibility index (Phi) is 7.99. The van der Waals surface area contributed by atoms with Gasteiger partial charge in [0.2, 0.25) is 5.76 Å². The molecule has 186 valence electrons. The molecule has 1 N–H and O–H groups in total. The van der Waals surface area contributed by atoms with E-state index in [2.05, 4.69) is 48.6 Å². The summed E-state index contributed by atoms with van der Waals surface area (Å²) in [6, 6.07) is 13.7. The summed E-state index contributed by atoms with van der Waals surface area (Å²) in [5.74, 6) is 0.145. The molecule has 2 aromatic carbocycles. The fourth-order valence-electron chi connectivity index (χ4n) is 3.41. The van der Waals surface area contributed by atoms with Crippen LogP contribution in [-0.4, -0.2) is 37.0 Å². The first kappa shape index (κ1) is 25.8. The summed E-state index contributed by atoms with van der Waals surface area (Å²) in [5, 5.41) is 2.57. The number of hydrogen-bond donors (Lipinski definition) is 1. The lowest BCUT2D eigenvalue weighted by Gasteiger charge is -2.14. The second-order valence-electron chi connectivity index (χ2n) is 7.59. The first-order valence-corrected chi connectivity index (χ1v) is 12.4. The summed E-state index contributed by atoms with van der Waals surface area (Å²) in [4.78, 5) is 37.9. The molecule has 1 aromatic heterocycles. The Morgan fingerprint density at radius 2 is 1.89 bits per heavy atom. The Morgan fingerprint density at radius 3 is 2.58 bits per heavy atom.